The van der Waals surface area contributed by atoms with Crippen LogP contribution in [0.2, 0.25) is 0 Å². The van der Waals surface area contributed by atoms with Gasteiger partial charge >= 0.3 is 0 Å². The van der Waals surface area contributed by atoms with E-state index in [2.05, 4.69) is 68.3 Å². The molecule has 2 aliphatic heterocycles. The fourth-order valence-electron chi connectivity index (χ4n) is 6.34. The number of fused-ring (bicyclic) bond motifs is 1. The van der Waals surface area contributed by atoms with Gasteiger partial charge in [-0.05, 0) is 99.7 Å². The number of piperidine rings is 1. The van der Waals surface area contributed by atoms with Crippen LogP contribution in [-0.4, -0.2) is 79.2 Å². The molecule has 3 heterocycles. The van der Waals surface area contributed by atoms with Gasteiger partial charge in [-0.3, -0.25) is 4.90 Å². The smallest absolute Gasteiger partial charge is 0.223 e. The van der Waals surface area contributed by atoms with Crippen LogP contribution in [0, 0.1) is 6.92 Å². The van der Waals surface area contributed by atoms with Gasteiger partial charge in [0.15, 0.2) is 0 Å². The van der Waals surface area contributed by atoms with Gasteiger partial charge in [0.2, 0.25) is 5.95 Å². The second-order valence-corrected chi connectivity index (χ2v) is 11.8. The molecule has 2 aliphatic rings. The first-order valence-corrected chi connectivity index (χ1v) is 15.6. The van der Waals surface area contributed by atoms with Gasteiger partial charge in [-0.2, -0.15) is 0 Å². The van der Waals surface area contributed by atoms with E-state index >= 15 is 0 Å². The zero-order chi connectivity index (χ0) is 28.7. The van der Waals surface area contributed by atoms with Crippen LogP contribution in [0.25, 0.3) is 22.0 Å². The summed E-state index contributed by atoms with van der Waals surface area (Å²) in [6.07, 6.45) is 7.29. The third-order valence-electron chi connectivity index (χ3n) is 8.73. The van der Waals surface area contributed by atoms with Gasteiger partial charge in [0.1, 0.15) is 5.75 Å². The van der Waals surface area contributed by atoms with Crippen molar-refractivity contribution in [1.29, 1.82) is 0 Å². The van der Waals surface area contributed by atoms with Crippen LogP contribution >= 0.6 is 0 Å². The molecule has 6 rings (SSSR count). The fraction of sp³-hybridized carbons (Fsp3) is 0.429. The Hall–Kier alpha value is -3.68. The van der Waals surface area contributed by atoms with Gasteiger partial charge in [0.25, 0.3) is 0 Å². The van der Waals surface area contributed by atoms with Gasteiger partial charge in [-0.25, -0.2) is 9.97 Å². The van der Waals surface area contributed by atoms with Crippen LogP contribution in [-0.2, 0) is 6.54 Å². The van der Waals surface area contributed by atoms with Crippen LogP contribution in [0.15, 0.2) is 66.9 Å². The number of benzene rings is 3. The number of methoxy groups -OCH3 is 1. The number of aromatic nitrogens is 2. The number of anilines is 2. The maximum atomic E-state index is 5.37. The maximum absolute atomic E-state index is 5.37. The van der Waals surface area contributed by atoms with E-state index in [-0.39, 0.29) is 0 Å². The van der Waals surface area contributed by atoms with E-state index in [1.165, 1.54) is 73.9 Å². The lowest BCUT2D eigenvalue weighted by Gasteiger charge is -2.37. The molecule has 0 radical (unpaired) electrons. The molecular formula is C35H44N6O. The highest BCUT2D eigenvalue weighted by atomic mass is 16.5. The molecule has 1 aromatic heterocycles. The lowest BCUT2D eigenvalue weighted by Crippen LogP contribution is -2.47. The van der Waals surface area contributed by atoms with Gasteiger partial charge in [0.05, 0.1) is 12.8 Å². The lowest BCUT2D eigenvalue weighted by molar-refractivity contribution is 0.198. The van der Waals surface area contributed by atoms with Crippen molar-refractivity contribution >= 4 is 22.4 Å². The number of piperazine rings is 1. The topological polar surface area (TPSA) is 56.8 Å². The summed E-state index contributed by atoms with van der Waals surface area (Å²) in [6, 6.07) is 21.5. The fourth-order valence-corrected chi connectivity index (χ4v) is 6.34. The van der Waals surface area contributed by atoms with E-state index in [1.807, 2.05) is 30.5 Å². The highest BCUT2D eigenvalue weighted by Gasteiger charge is 2.20. The number of rotatable bonds is 10. The Morgan fingerprint density at radius 1 is 0.833 bits per heavy atom. The van der Waals surface area contributed by atoms with E-state index in [4.69, 9.17) is 9.72 Å². The van der Waals surface area contributed by atoms with Gasteiger partial charge in [0, 0.05) is 55.6 Å². The molecule has 4 aromatic rings. The summed E-state index contributed by atoms with van der Waals surface area (Å²) >= 11 is 0. The monoisotopic (exact) mass is 564 g/mol. The van der Waals surface area contributed by atoms with E-state index in [1.54, 1.807) is 7.11 Å². The average Bonchev–Trinajstić information content (AvgIpc) is 3.04. The number of aryl methyl sites for hydroxylation is 1. The first-order chi connectivity index (χ1) is 20.6. The molecule has 2 saturated heterocycles. The molecule has 7 heteroatoms. The van der Waals surface area contributed by atoms with Crippen molar-refractivity contribution in [2.24, 2.45) is 0 Å². The Morgan fingerprint density at radius 3 is 2.45 bits per heavy atom. The molecule has 1 N–H and O–H groups in total. The molecule has 0 unspecified atom stereocenters. The number of hydrogen-bond donors (Lipinski definition) is 1. The van der Waals surface area contributed by atoms with Gasteiger partial charge in [-0.1, -0.05) is 36.2 Å². The molecule has 0 spiro atoms. The van der Waals surface area contributed by atoms with E-state index in [0.29, 0.717) is 12.5 Å². The Balaban J connectivity index is 1.16. The van der Waals surface area contributed by atoms with E-state index < -0.39 is 0 Å². The predicted molar refractivity (Wildman–Crippen MR) is 174 cm³/mol. The molecule has 7 nitrogen and oxygen atoms in total. The minimum atomic E-state index is 0.624. The molecule has 0 bridgehead atoms. The minimum Gasteiger partial charge on any atom is -0.497 e. The average molecular weight is 565 g/mol. The zero-order valence-electron chi connectivity index (χ0n) is 25.2. The van der Waals surface area contributed by atoms with E-state index in [0.717, 1.165) is 48.7 Å². The first-order valence-electron chi connectivity index (χ1n) is 15.6. The molecule has 0 saturated carbocycles. The Morgan fingerprint density at radius 2 is 1.64 bits per heavy atom. The molecule has 2 fully saturated rings. The molecule has 3 aromatic carbocycles. The van der Waals surface area contributed by atoms with Crippen LogP contribution in [0.3, 0.4) is 0 Å². The first kappa shape index (κ1) is 28.4. The molecule has 0 amide bonds. The summed E-state index contributed by atoms with van der Waals surface area (Å²) in [6.45, 7) is 12.2. The Bertz CT molecular complexity index is 1480. The number of likely N-dealkylation sites (tertiary alicyclic amines) is 1. The third-order valence-corrected chi connectivity index (χ3v) is 8.73. The Kier molecular flexibility index (Phi) is 9.16. The van der Waals surface area contributed by atoms with Crippen molar-refractivity contribution in [3.63, 3.8) is 0 Å². The van der Waals surface area contributed by atoms with Crippen molar-refractivity contribution in [3.8, 4) is 17.0 Å². The number of ether oxygens (including phenoxy) is 1. The van der Waals surface area contributed by atoms with Crippen molar-refractivity contribution in [3.05, 3.63) is 78.0 Å². The summed E-state index contributed by atoms with van der Waals surface area (Å²) in [4.78, 5) is 17.3. The van der Waals surface area contributed by atoms with E-state index in [9.17, 15) is 0 Å². The number of nitrogens with zero attached hydrogens (tertiary/aromatic N) is 5. The standard InChI is InChI=1S/C35H44N6O/c1-27-10-11-29-24-30(33-12-13-36-35(38-33)37-26-28-8-6-9-31(23-28)42-2)25-34(32(29)22-27)41-20-18-40(19-21-41)17-7-16-39-14-4-3-5-15-39/h6,8-13,22-25H,3-5,7,14-21,26H2,1-2H3,(H,36,37,38). The molecular weight excluding hydrogens is 520 g/mol. The van der Waals surface area contributed by atoms with Crippen LogP contribution in [0.4, 0.5) is 11.6 Å². The predicted octanol–water partition coefficient (Wildman–Crippen LogP) is 6.22. The highest BCUT2D eigenvalue weighted by Crippen LogP contribution is 2.34. The molecule has 42 heavy (non-hydrogen) atoms. The zero-order valence-corrected chi connectivity index (χ0v) is 25.2. The normalized spacial score (nSPS) is 16.6. The summed E-state index contributed by atoms with van der Waals surface area (Å²) in [5, 5.41) is 5.96. The number of nitrogens with one attached hydrogen (secondary N) is 1. The van der Waals surface area contributed by atoms with Crippen LogP contribution in [0.1, 0.15) is 36.8 Å². The molecule has 220 valence electrons. The van der Waals surface area contributed by atoms with Crippen molar-refractivity contribution in [1.82, 2.24) is 19.8 Å². The summed E-state index contributed by atoms with van der Waals surface area (Å²) in [5.41, 5.74) is 5.77. The summed E-state index contributed by atoms with van der Waals surface area (Å²) in [7, 11) is 1.69. The molecule has 0 atom stereocenters. The second kappa shape index (κ2) is 13.5. The summed E-state index contributed by atoms with van der Waals surface area (Å²) in [5.74, 6) is 1.47. The second-order valence-electron chi connectivity index (χ2n) is 11.8. The van der Waals surface area contributed by atoms with Crippen molar-refractivity contribution in [2.45, 2.75) is 39.2 Å². The maximum Gasteiger partial charge on any atom is 0.223 e. The van der Waals surface area contributed by atoms with Crippen LogP contribution in [0.5, 0.6) is 5.75 Å². The van der Waals surface area contributed by atoms with Crippen molar-refractivity contribution in [2.75, 3.05) is 69.7 Å². The van der Waals surface area contributed by atoms with Gasteiger partial charge < -0.3 is 19.9 Å². The quantitative estimate of drug-likeness (QED) is 0.245. The largest absolute Gasteiger partial charge is 0.497 e. The lowest BCUT2D eigenvalue weighted by atomic mass is 10.00. The highest BCUT2D eigenvalue weighted by molar-refractivity contribution is 5.98. The number of hydrogen-bond acceptors (Lipinski definition) is 7. The van der Waals surface area contributed by atoms with Gasteiger partial charge in [-0.15, -0.1) is 0 Å². The minimum absolute atomic E-state index is 0.624. The SMILES string of the molecule is COc1cccc(CNc2nccc(-c3cc(N4CCN(CCCN5CCCCC5)CC4)c4cc(C)ccc4c3)n2)c1. The Labute approximate surface area is 250 Å². The van der Waals surface area contributed by atoms with Crippen LogP contribution < -0.4 is 15.0 Å². The third kappa shape index (κ3) is 7.02. The van der Waals surface area contributed by atoms with Crippen molar-refractivity contribution < 1.29 is 4.74 Å². The summed E-state index contributed by atoms with van der Waals surface area (Å²) < 4.78 is 5.37. The molecule has 0 aliphatic carbocycles.